The molecule has 0 saturated carbocycles. The number of furan rings is 1. The predicted octanol–water partition coefficient (Wildman–Crippen LogP) is 12.0. The minimum atomic E-state index is 0.986. The first-order chi connectivity index (χ1) is 23.3. The highest BCUT2D eigenvalue weighted by Crippen LogP contribution is 2.45. The van der Waals surface area contributed by atoms with Crippen molar-refractivity contribution >= 4 is 49.4 Å². The molecule has 0 unspecified atom stereocenters. The lowest BCUT2D eigenvalue weighted by molar-refractivity contribution is 0.579. The Morgan fingerprint density at radius 3 is 1.72 bits per heavy atom. The zero-order valence-corrected chi connectivity index (χ0v) is 25.8. The summed E-state index contributed by atoms with van der Waals surface area (Å²) in [6.45, 7) is 0. The molecule has 1 aliphatic carbocycles. The van der Waals surface area contributed by atoms with Gasteiger partial charge in [0.2, 0.25) is 0 Å². The van der Waals surface area contributed by atoms with Crippen molar-refractivity contribution in [2.45, 2.75) is 12.8 Å². The van der Waals surface area contributed by atoms with Gasteiger partial charge in [0.05, 0.1) is 0 Å². The highest BCUT2D eigenvalue weighted by Gasteiger charge is 2.21. The molecule has 1 aromatic heterocycles. The van der Waals surface area contributed by atoms with Crippen LogP contribution in [-0.4, -0.2) is 0 Å². The molecule has 10 rings (SSSR count). The monoisotopic (exact) mass is 598 g/mol. The highest BCUT2D eigenvalue weighted by molar-refractivity contribution is 6.21. The van der Waals surface area contributed by atoms with Crippen molar-refractivity contribution in [2.75, 3.05) is 0 Å². The summed E-state index contributed by atoms with van der Waals surface area (Å²) in [6, 6.07) is 55.5. The molecule has 0 amide bonds. The normalized spacial score (nSPS) is 12.7. The second kappa shape index (κ2) is 10.3. The van der Waals surface area contributed by atoms with E-state index in [0.717, 1.165) is 23.8 Å². The van der Waals surface area contributed by atoms with Crippen LogP contribution in [0.4, 0.5) is 0 Å². The fraction of sp³-hybridized carbons (Fsp3) is 0.0435. The first kappa shape index (κ1) is 26.3. The van der Waals surface area contributed by atoms with E-state index in [0.29, 0.717) is 0 Å². The van der Waals surface area contributed by atoms with Crippen molar-refractivity contribution in [1.82, 2.24) is 0 Å². The van der Waals surface area contributed by atoms with Crippen LogP contribution in [0.3, 0.4) is 0 Å². The Hall–Kier alpha value is -5.92. The van der Waals surface area contributed by atoms with Gasteiger partial charge in [0.25, 0.3) is 0 Å². The summed E-state index contributed by atoms with van der Waals surface area (Å²) in [5.41, 5.74) is 13.5. The molecule has 0 saturated heterocycles. The summed E-state index contributed by atoms with van der Waals surface area (Å²) in [5, 5.41) is 8.88. The maximum Gasteiger partial charge on any atom is 0.136 e. The molecule has 0 fully saturated rings. The van der Waals surface area contributed by atoms with E-state index < -0.39 is 0 Å². The minimum Gasteiger partial charge on any atom is -0.456 e. The quantitative estimate of drug-likeness (QED) is 0.184. The summed E-state index contributed by atoms with van der Waals surface area (Å²) in [4.78, 5) is 0. The van der Waals surface area contributed by atoms with E-state index in [2.05, 4.69) is 158 Å². The van der Waals surface area contributed by atoms with Crippen LogP contribution >= 0.6 is 0 Å². The summed E-state index contributed by atoms with van der Waals surface area (Å²) in [7, 11) is 0. The number of fused-ring (bicyclic) bond motifs is 2. The van der Waals surface area contributed by atoms with E-state index in [4.69, 9.17) is 4.42 Å². The van der Waals surface area contributed by atoms with E-state index in [-0.39, 0.29) is 0 Å². The maximum atomic E-state index is 6.32. The van der Waals surface area contributed by atoms with Gasteiger partial charge in [-0.1, -0.05) is 133 Å². The van der Waals surface area contributed by atoms with E-state index in [1.165, 1.54) is 87.8 Å². The van der Waals surface area contributed by atoms with Gasteiger partial charge in [-0.2, -0.15) is 0 Å². The maximum absolute atomic E-state index is 6.32. The Bertz CT molecular complexity index is 2650. The smallest absolute Gasteiger partial charge is 0.136 e. The van der Waals surface area contributed by atoms with Crippen molar-refractivity contribution in [3.05, 3.63) is 163 Å². The largest absolute Gasteiger partial charge is 0.456 e. The molecule has 0 aliphatic heterocycles. The Balaban J connectivity index is 1.19. The van der Waals surface area contributed by atoms with Crippen LogP contribution in [0.1, 0.15) is 12.0 Å². The van der Waals surface area contributed by atoms with Crippen molar-refractivity contribution in [1.29, 1.82) is 0 Å². The van der Waals surface area contributed by atoms with Gasteiger partial charge in [0, 0.05) is 10.8 Å². The molecule has 0 bridgehead atoms. The molecular weight excluding hydrogens is 569 g/mol. The van der Waals surface area contributed by atoms with Gasteiger partial charge in [-0.25, -0.2) is 0 Å². The zero-order valence-electron chi connectivity index (χ0n) is 25.8. The number of rotatable bonds is 4. The molecule has 1 nitrogen and oxygen atoms in total. The van der Waals surface area contributed by atoms with E-state index in [1.54, 1.807) is 0 Å². The van der Waals surface area contributed by atoms with Crippen LogP contribution in [0.25, 0.3) is 93.9 Å². The summed E-state index contributed by atoms with van der Waals surface area (Å²) >= 11 is 0. The van der Waals surface area contributed by atoms with Crippen LogP contribution in [-0.2, 0) is 6.42 Å². The molecule has 1 heteroatoms. The van der Waals surface area contributed by atoms with Gasteiger partial charge in [0.1, 0.15) is 11.0 Å². The molecule has 0 atom stereocenters. The van der Waals surface area contributed by atoms with E-state index >= 15 is 0 Å². The Kier molecular flexibility index (Phi) is 5.77. The average molecular weight is 599 g/mol. The Labute approximate surface area is 273 Å². The van der Waals surface area contributed by atoms with Gasteiger partial charge >= 0.3 is 0 Å². The zero-order chi connectivity index (χ0) is 30.9. The molecule has 8 aromatic carbocycles. The van der Waals surface area contributed by atoms with Gasteiger partial charge in [0.15, 0.2) is 0 Å². The van der Waals surface area contributed by atoms with Crippen molar-refractivity contribution in [2.24, 2.45) is 0 Å². The van der Waals surface area contributed by atoms with Crippen LogP contribution in [0.5, 0.6) is 0 Å². The van der Waals surface area contributed by atoms with Crippen molar-refractivity contribution in [3.8, 4) is 44.5 Å². The van der Waals surface area contributed by atoms with Crippen LogP contribution in [0.2, 0.25) is 0 Å². The van der Waals surface area contributed by atoms with E-state index in [1.807, 2.05) is 0 Å². The second-order valence-corrected chi connectivity index (χ2v) is 12.7. The SMILES string of the molecule is C1=c2oc3cccc4cc(-c5cccc(-c6c7ccccc7c(-c7ccc(-c8ccccc8)cc7)c7ccccc67)c5)c(c2c43)CC1. The molecule has 9 aromatic rings. The average Bonchev–Trinajstić information content (AvgIpc) is 3.53. The summed E-state index contributed by atoms with van der Waals surface area (Å²) in [5.74, 6) is 0. The molecule has 1 heterocycles. The number of aryl methyl sites for hydroxylation is 1. The number of hydrogen-bond donors (Lipinski definition) is 0. The molecular formula is C46H30O. The topological polar surface area (TPSA) is 13.1 Å². The molecule has 0 radical (unpaired) electrons. The number of benzene rings is 8. The first-order valence-electron chi connectivity index (χ1n) is 16.5. The van der Waals surface area contributed by atoms with Gasteiger partial charge < -0.3 is 4.42 Å². The van der Waals surface area contributed by atoms with Gasteiger partial charge in [-0.3, -0.25) is 0 Å². The fourth-order valence-electron chi connectivity index (χ4n) is 8.05. The lowest BCUT2D eigenvalue weighted by Crippen LogP contribution is -2.06. The molecule has 47 heavy (non-hydrogen) atoms. The molecule has 220 valence electrons. The predicted molar refractivity (Wildman–Crippen MR) is 198 cm³/mol. The second-order valence-electron chi connectivity index (χ2n) is 12.7. The lowest BCUT2D eigenvalue weighted by atomic mass is 9.84. The molecule has 0 spiro atoms. The van der Waals surface area contributed by atoms with Crippen molar-refractivity contribution in [3.63, 3.8) is 0 Å². The summed E-state index contributed by atoms with van der Waals surface area (Å²) < 4.78 is 6.32. The lowest BCUT2D eigenvalue weighted by Gasteiger charge is -2.19. The molecule has 0 N–H and O–H groups in total. The summed E-state index contributed by atoms with van der Waals surface area (Å²) in [6.07, 6.45) is 4.28. The minimum absolute atomic E-state index is 0.986. The third-order valence-electron chi connectivity index (χ3n) is 10.1. The van der Waals surface area contributed by atoms with Gasteiger partial charge in [-0.05, 0) is 114 Å². The third-order valence-corrected chi connectivity index (χ3v) is 10.1. The highest BCUT2D eigenvalue weighted by atomic mass is 16.3. The van der Waals surface area contributed by atoms with Crippen LogP contribution in [0, 0.1) is 0 Å². The third kappa shape index (κ3) is 4.03. The van der Waals surface area contributed by atoms with Crippen LogP contribution < -0.4 is 5.42 Å². The Morgan fingerprint density at radius 2 is 1.00 bits per heavy atom. The Morgan fingerprint density at radius 1 is 0.426 bits per heavy atom. The van der Waals surface area contributed by atoms with Crippen LogP contribution in [0.15, 0.2) is 156 Å². The fourth-order valence-corrected chi connectivity index (χ4v) is 8.05. The standard InChI is InChI=1S/C46H30O/c1-2-11-29(12-3-1)30-23-25-31(26-24-30)43-35-16-4-6-18-37(35)44(38-19-7-5-17-36(38)43)33-14-8-13-32(27-33)40-28-34-15-9-21-41-45(34)46-39(40)20-10-22-42(46)47-41/h1-9,11-19,21-28H,10,20H2. The first-order valence-corrected chi connectivity index (χ1v) is 16.5. The van der Waals surface area contributed by atoms with Crippen molar-refractivity contribution < 1.29 is 4.42 Å². The number of hydrogen-bond acceptors (Lipinski definition) is 1. The molecule has 1 aliphatic rings. The van der Waals surface area contributed by atoms with Gasteiger partial charge in [-0.15, -0.1) is 0 Å². The van der Waals surface area contributed by atoms with E-state index in [9.17, 15) is 0 Å².